The molecule has 4 nitrogen and oxygen atoms in total. The minimum Gasteiger partial charge on any atom is -0.504 e. The molecule has 1 unspecified atom stereocenters. The molecule has 0 fully saturated rings. The number of phenols is 1. The van der Waals surface area contributed by atoms with Crippen molar-refractivity contribution in [3.8, 4) is 17.2 Å². The second kappa shape index (κ2) is 5.63. The first-order valence-electron chi connectivity index (χ1n) is 5.86. The summed E-state index contributed by atoms with van der Waals surface area (Å²) in [5.74, 6) is 0.596. The third-order valence-electron chi connectivity index (χ3n) is 2.97. The zero-order chi connectivity index (χ0) is 13.8. The van der Waals surface area contributed by atoms with Crippen molar-refractivity contribution in [3.05, 3.63) is 53.6 Å². The van der Waals surface area contributed by atoms with Crippen LogP contribution in [0.3, 0.4) is 0 Å². The van der Waals surface area contributed by atoms with E-state index in [-0.39, 0.29) is 5.75 Å². The van der Waals surface area contributed by atoms with E-state index in [2.05, 4.69) is 0 Å². The van der Waals surface area contributed by atoms with Crippen LogP contribution >= 0.6 is 0 Å². The largest absolute Gasteiger partial charge is 0.504 e. The van der Waals surface area contributed by atoms with E-state index in [0.717, 1.165) is 0 Å². The lowest BCUT2D eigenvalue weighted by Crippen LogP contribution is -2.03. The SMILES string of the molecule is COc1ccc(OC)c(C(O)c2ccccc2)c1O. The van der Waals surface area contributed by atoms with Gasteiger partial charge in [0.25, 0.3) is 0 Å². The summed E-state index contributed by atoms with van der Waals surface area (Å²) in [4.78, 5) is 0. The summed E-state index contributed by atoms with van der Waals surface area (Å²) in [7, 11) is 2.95. The highest BCUT2D eigenvalue weighted by Gasteiger charge is 2.22. The van der Waals surface area contributed by atoms with Gasteiger partial charge in [0.1, 0.15) is 11.9 Å². The third kappa shape index (κ3) is 2.48. The summed E-state index contributed by atoms with van der Waals surface area (Å²) < 4.78 is 10.2. The van der Waals surface area contributed by atoms with Crippen molar-refractivity contribution < 1.29 is 19.7 Å². The first-order chi connectivity index (χ1) is 9.19. The predicted molar refractivity (Wildman–Crippen MR) is 71.7 cm³/mol. The molecular weight excluding hydrogens is 244 g/mol. The summed E-state index contributed by atoms with van der Waals surface area (Å²) in [6.07, 6.45) is -0.980. The van der Waals surface area contributed by atoms with Gasteiger partial charge in [0.15, 0.2) is 11.5 Å². The van der Waals surface area contributed by atoms with Crippen LogP contribution in [0.1, 0.15) is 17.2 Å². The Morgan fingerprint density at radius 3 is 2.05 bits per heavy atom. The average Bonchev–Trinajstić information content (AvgIpc) is 2.47. The number of aliphatic hydroxyl groups is 1. The van der Waals surface area contributed by atoms with Crippen molar-refractivity contribution in [1.29, 1.82) is 0 Å². The normalized spacial score (nSPS) is 11.9. The number of aliphatic hydroxyl groups excluding tert-OH is 1. The number of benzene rings is 2. The standard InChI is InChI=1S/C15H16O4/c1-18-11-8-9-12(19-2)15(17)13(11)14(16)10-6-4-3-5-7-10/h3-9,14,16-17H,1-2H3. The Labute approximate surface area is 111 Å². The first-order valence-corrected chi connectivity index (χ1v) is 5.86. The molecule has 0 aliphatic carbocycles. The van der Waals surface area contributed by atoms with Crippen LogP contribution in [0.4, 0.5) is 0 Å². The van der Waals surface area contributed by atoms with Crippen molar-refractivity contribution in [2.24, 2.45) is 0 Å². The number of hydrogen-bond acceptors (Lipinski definition) is 4. The van der Waals surface area contributed by atoms with Gasteiger partial charge in [-0.25, -0.2) is 0 Å². The van der Waals surface area contributed by atoms with Gasteiger partial charge >= 0.3 is 0 Å². The second-order valence-electron chi connectivity index (χ2n) is 4.05. The van der Waals surface area contributed by atoms with E-state index in [1.165, 1.54) is 14.2 Å². The Bertz CT molecular complexity index is 552. The van der Waals surface area contributed by atoms with E-state index in [9.17, 15) is 10.2 Å². The Kier molecular flexibility index (Phi) is 3.92. The zero-order valence-corrected chi connectivity index (χ0v) is 10.8. The van der Waals surface area contributed by atoms with Gasteiger partial charge in [-0.3, -0.25) is 0 Å². The van der Waals surface area contributed by atoms with Gasteiger partial charge in [-0.05, 0) is 17.7 Å². The van der Waals surface area contributed by atoms with Gasteiger partial charge in [0.2, 0.25) is 0 Å². The molecule has 2 N–H and O–H groups in total. The van der Waals surface area contributed by atoms with Crippen molar-refractivity contribution in [1.82, 2.24) is 0 Å². The molecule has 0 aromatic heterocycles. The fourth-order valence-electron chi connectivity index (χ4n) is 1.98. The van der Waals surface area contributed by atoms with Crippen molar-refractivity contribution in [3.63, 3.8) is 0 Å². The molecule has 0 amide bonds. The van der Waals surface area contributed by atoms with E-state index in [4.69, 9.17) is 9.47 Å². The zero-order valence-electron chi connectivity index (χ0n) is 10.8. The van der Waals surface area contributed by atoms with E-state index < -0.39 is 6.10 Å². The average molecular weight is 260 g/mol. The number of ether oxygens (including phenoxy) is 2. The number of rotatable bonds is 4. The molecule has 2 rings (SSSR count). The molecule has 0 heterocycles. The Morgan fingerprint density at radius 2 is 1.47 bits per heavy atom. The van der Waals surface area contributed by atoms with Gasteiger partial charge in [-0.1, -0.05) is 30.3 Å². The van der Waals surface area contributed by atoms with Crippen molar-refractivity contribution in [2.45, 2.75) is 6.10 Å². The van der Waals surface area contributed by atoms with Crippen LogP contribution in [0.2, 0.25) is 0 Å². The van der Waals surface area contributed by atoms with Crippen LogP contribution in [0.15, 0.2) is 42.5 Å². The molecule has 2 aromatic carbocycles. The highest BCUT2D eigenvalue weighted by molar-refractivity contribution is 5.56. The Hall–Kier alpha value is -2.20. The van der Waals surface area contributed by atoms with Crippen LogP contribution in [0.25, 0.3) is 0 Å². The fourth-order valence-corrected chi connectivity index (χ4v) is 1.98. The van der Waals surface area contributed by atoms with Gasteiger partial charge in [0.05, 0.1) is 19.8 Å². The lowest BCUT2D eigenvalue weighted by atomic mass is 9.99. The summed E-state index contributed by atoms with van der Waals surface area (Å²) in [6, 6.07) is 12.3. The molecule has 0 saturated carbocycles. The fraction of sp³-hybridized carbons (Fsp3) is 0.200. The quantitative estimate of drug-likeness (QED) is 0.886. The van der Waals surface area contributed by atoms with Crippen molar-refractivity contribution >= 4 is 0 Å². The van der Waals surface area contributed by atoms with E-state index in [1.807, 2.05) is 18.2 Å². The molecule has 2 aromatic rings. The van der Waals surface area contributed by atoms with Crippen LogP contribution in [-0.4, -0.2) is 24.4 Å². The van der Waals surface area contributed by atoms with Gasteiger partial charge in [-0.15, -0.1) is 0 Å². The topological polar surface area (TPSA) is 58.9 Å². The molecule has 0 saturated heterocycles. The lowest BCUT2D eigenvalue weighted by molar-refractivity contribution is 0.208. The summed E-state index contributed by atoms with van der Waals surface area (Å²) in [5, 5.41) is 20.6. The van der Waals surface area contributed by atoms with E-state index >= 15 is 0 Å². The Morgan fingerprint density at radius 1 is 0.895 bits per heavy atom. The van der Waals surface area contributed by atoms with Gasteiger partial charge in [0, 0.05) is 0 Å². The Balaban J connectivity index is 2.54. The molecule has 0 radical (unpaired) electrons. The first kappa shape index (κ1) is 13.2. The molecule has 19 heavy (non-hydrogen) atoms. The molecule has 1 atom stereocenters. The van der Waals surface area contributed by atoms with Crippen LogP contribution < -0.4 is 9.47 Å². The molecule has 0 aliphatic rings. The highest BCUT2D eigenvalue weighted by Crippen LogP contribution is 2.42. The van der Waals surface area contributed by atoms with Crippen LogP contribution in [0.5, 0.6) is 17.2 Å². The number of phenolic OH excluding ortho intramolecular Hbond substituents is 1. The van der Waals surface area contributed by atoms with Crippen LogP contribution in [-0.2, 0) is 0 Å². The molecule has 0 spiro atoms. The third-order valence-corrected chi connectivity index (χ3v) is 2.97. The predicted octanol–water partition coefficient (Wildman–Crippen LogP) is 2.49. The maximum absolute atomic E-state index is 10.4. The summed E-state index contributed by atoms with van der Waals surface area (Å²) in [6.45, 7) is 0. The lowest BCUT2D eigenvalue weighted by Gasteiger charge is -2.18. The summed E-state index contributed by atoms with van der Waals surface area (Å²) in [5.41, 5.74) is 0.970. The van der Waals surface area contributed by atoms with E-state index in [1.54, 1.807) is 24.3 Å². The minimum atomic E-state index is -0.980. The molecule has 0 bridgehead atoms. The maximum atomic E-state index is 10.4. The van der Waals surface area contributed by atoms with E-state index in [0.29, 0.717) is 22.6 Å². The second-order valence-corrected chi connectivity index (χ2v) is 4.05. The molecular formula is C15H16O4. The van der Waals surface area contributed by atoms with Crippen molar-refractivity contribution in [2.75, 3.05) is 14.2 Å². The number of hydrogen-bond donors (Lipinski definition) is 2. The molecule has 100 valence electrons. The van der Waals surface area contributed by atoms with Gasteiger partial charge in [-0.2, -0.15) is 0 Å². The summed E-state index contributed by atoms with van der Waals surface area (Å²) >= 11 is 0. The number of methoxy groups -OCH3 is 2. The maximum Gasteiger partial charge on any atom is 0.167 e. The van der Waals surface area contributed by atoms with Crippen LogP contribution in [0, 0.1) is 0 Å². The van der Waals surface area contributed by atoms with Gasteiger partial charge < -0.3 is 19.7 Å². The smallest absolute Gasteiger partial charge is 0.167 e. The highest BCUT2D eigenvalue weighted by atomic mass is 16.5. The molecule has 4 heteroatoms. The molecule has 0 aliphatic heterocycles. The number of aromatic hydroxyl groups is 1. The minimum absolute atomic E-state index is 0.113. The monoisotopic (exact) mass is 260 g/mol.